The van der Waals surface area contributed by atoms with Gasteiger partial charge in [-0.25, -0.2) is 12.7 Å². The van der Waals surface area contributed by atoms with Gasteiger partial charge in [0, 0.05) is 44.3 Å². The lowest BCUT2D eigenvalue weighted by Gasteiger charge is -2.27. The number of rotatable bonds is 20. The molecule has 0 aliphatic carbocycles. The van der Waals surface area contributed by atoms with Gasteiger partial charge in [0.25, 0.3) is 11.8 Å². The minimum Gasteiger partial charge on any atom is -0.490 e. The number of hydrogen-bond donors (Lipinski definition) is 5. The maximum atomic E-state index is 13.2. The van der Waals surface area contributed by atoms with Crippen molar-refractivity contribution in [2.75, 3.05) is 64.7 Å². The predicted molar refractivity (Wildman–Crippen MR) is 236 cm³/mol. The molecular weight excluding hydrogens is 883 g/mol. The lowest BCUT2D eigenvalue weighted by atomic mass is 9.98. The van der Waals surface area contributed by atoms with Gasteiger partial charge in [-0.05, 0) is 59.4 Å². The summed E-state index contributed by atoms with van der Waals surface area (Å²) in [5.74, 6) is -2.85. The third-order valence-electron chi connectivity index (χ3n) is 11.3. The van der Waals surface area contributed by atoms with Gasteiger partial charge in [0.2, 0.25) is 39.6 Å². The monoisotopic (exact) mass is 933 g/mol. The molecule has 4 aliphatic heterocycles. The molecule has 65 heavy (non-hydrogen) atoms. The third-order valence-corrected chi connectivity index (χ3v) is 13.7. The van der Waals surface area contributed by atoms with Crippen LogP contribution in [0.2, 0.25) is 0 Å². The zero-order chi connectivity index (χ0) is 46.1. The number of imide groups is 2. The molecule has 3 aromatic carbocycles. The molecular formula is C44H51N7O12S2. The highest BCUT2D eigenvalue weighted by Gasteiger charge is 2.46. The molecule has 0 bridgehead atoms. The zero-order valence-electron chi connectivity index (χ0n) is 35.7. The molecule has 4 atom stereocenters. The summed E-state index contributed by atoms with van der Waals surface area (Å²) in [4.78, 5) is 88.8. The highest BCUT2D eigenvalue weighted by Crippen LogP contribution is 2.34. The van der Waals surface area contributed by atoms with Crippen molar-refractivity contribution >= 4 is 63.1 Å². The van der Waals surface area contributed by atoms with Gasteiger partial charge in [0.1, 0.15) is 23.9 Å². The standard InChI is InChI=1S/C44H51N7O12S2/c1-65(59,60)50-15-13-31(25-50)40(55)46-24-38(54)49-44-47-33(26-64-44)30-8-3-7-29(22-30)28-6-2-5-27(21-28)23-45-36(52)14-16-61-17-18-62-19-20-63-35-10-4-9-32-39(35)43(58)51(42(32)57)34-11-12-37(53)48-41(34)56/h2-10,21-22,31,33-34,44,47H,11-20,23-26H2,1H3,(H,45,52)(H,46,55)(H,49,54)(H,48,53,56). The highest BCUT2D eigenvalue weighted by atomic mass is 32.2. The minimum absolute atomic E-state index is 0.0260. The Kier molecular flexibility index (Phi) is 15.6. The molecule has 0 radical (unpaired) electrons. The number of piperidine rings is 1. The van der Waals surface area contributed by atoms with Crippen molar-refractivity contribution in [1.29, 1.82) is 0 Å². The fourth-order valence-electron chi connectivity index (χ4n) is 7.89. The van der Waals surface area contributed by atoms with Gasteiger partial charge in [0.15, 0.2) is 0 Å². The van der Waals surface area contributed by atoms with E-state index in [-0.39, 0.29) is 118 Å². The van der Waals surface area contributed by atoms with Crippen molar-refractivity contribution in [1.82, 2.24) is 35.8 Å². The van der Waals surface area contributed by atoms with Crippen LogP contribution >= 0.6 is 11.8 Å². The summed E-state index contributed by atoms with van der Waals surface area (Å²) < 4.78 is 41.7. The van der Waals surface area contributed by atoms with E-state index < -0.39 is 45.6 Å². The van der Waals surface area contributed by atoms with Crippen LogP contribution in [0.1, 0.15) is 63.6 Å². The van der Waals surface area contributed by atoms with Crippen LogP contribution in [0.5, 0.6) is 5.75 Å². The second kappa shape index (κ2) is 21.5. The first kappa shape index (κ1) is 47.3. The summed E-state index contributed by atoms with van der Waals surface area (Å²) in [5, 5.41) is 14.1. The first-order valence-electron chi connectivity index (χ1n) is 21.2. The molecule has 0 saturated carbocycles. The van der Waals surface area contributed by atoms with Crippen LogP contribution in [-0.2, 0) is 50.0 Å². The highest BCUT2D eigenvalue weighted by molar-refractivity contribution is 8.00. The Balaban J connectivity index is 0.762. The van der Waals surface area contributed by atoms with Gasteiger partial charge < -0.3 is 30.2 Å². The fraction of sp³-hybridized carbons (Fsp3) is 0.432. The van der Waals surface area contributed by atoms with Crippen molar-refractivity contribution in [3.8, 4) is 16.9 Å². The summed E-state index contributed by atoms with van der Waals surface area (Å²) in [6.45, 7) is 1.43. The Morgan fingerprint density at radius 1 is 0.846 bits per heavy atom. The maximum Gasteiger partial charge on any atom is 0.266 e. The van der Waals surface area contributed by atoms with E-state index in [9.17, 15) is 42.0 Å². The average molecular weight is 934 g/mol. The van der Waals surface area contributed by atoms with Crippen LogP contribution in [0.25, 0.3) is 11.1 Å². The van der Waals surface area contributed by atoms with Crippen molar-refractivity contribution in [2.45, 2.75) is 49.8 Å². The van der Waals surface area contributed by atoms with Crippen LogP contribution in [0.15, 0.2) is 66.7 Å². The molecule has 3 saturated heterocycles. The van der Waals surface area contributed by atoms with E-state index in [0.29, 0.717) is 18.7 Å². The molecule has 0 spiro atoms. The zero-order valence-corrected chi connectivity index (χ0v) is 37.3. The largest absolute Gasteiger partial charge is 0.490 e. The number of nitrogens with zero attached hydrogens (tertiary/aromatic N) is 2. The van der Waals surface area contributed by atoms with Crippen LogP contribution in [0, 0.1) is 5.92 Å². The maximum absolute atomic E-state index is 13.2. The van der Waals surface area contributed by atoms with Crippen molar-refractivity contribution in [3.05, 3.63) is 89.0 Å². The molecule has 21 heteroatoms. The molecule has 3 aromatic rings. The van der Waals surface area contributed by atoms with E-state index in [2.05, 4.69) is 32.7 Å². The summed E-state index contributed by atoms with van der Waals surface area (Å²) in [6, 6.07) is 19.5. The number of amides is 7. The topological polar surface area (TPSA) is 248 Å². The van der Waals surface area contributed by atoms with Gasteiger partial charge in [-0.2, -0.15) is 0 Å². The summed E-state index contributed by atoms with van der Waals surface area (Å²) >= 11 is 1.55. The molecule has 4 heterocycles. The fourth-order valence-corrected chi connectivity index (χ4v) is 9.92. The Morgan fingerprint density at radius 3 is 2.35 bits per heavy atom. The predicted octanol–water partition coefficient (Wildman–Crippen LogP) is 1.05. The van der Waals surface area contributed by atoms with Crippen molar-refractivity contribution < 1.29 is 56.2 Å². The van der Waals surface area contributed by atoms with E-state index >= 15 is 0 Å². The number of benzene rings is 3. The quantitative estimate of drug-likeness (QED) is 0.0786. The summed E-state index contributed by atoms with van der Waals surface area (Å²) in [5.41, 5.74) is 3.78. The van der Waals surface area contributed by atoms with Crippen LogP contribution in [0.3, 0.4) is 0 Å². The summed E-state index contributed by atoms with van der Waals surface area (Å²) in [6.07, 6.45) is 1.77. The molecule has 3 fully saturated rings. The van der Waals surface area contributed by atoms with E-state index in [1.54, 1.807) is 23.9 Å². The third kappa shape index (κ3) is 12.2. The second-order valence-electron chi connectivity index (χ2n) is 15.9. The van der Waals surface area contributed by atoms with Crippen molar-refractivity contribution in [2.24, 2.45) is 5.92 Å². The van der Waals surface area contributed by atoms with Gasteiger partial charge in [-0.15, -0.1) is 11.8 Å². The average Bonchev–Trinajstić information content (AvgIpc) is 4.04. The lowest BCUT2D eigenvalue weighted by Crippen LogP contribution is -2.54. The van der Waals surface area contributed by atoms with E-state index in [1.165, 1.54) is 10.4 Å². The van der Waals surface area contributed by atoms with Gasteiger partial charge >= 0.3 is 0 Å². The number of sulfonamides is 1. The van der Waals surface area contributed by atoms with E-state index in [4.69, 9.17) is 14.2 Å². The number of carbonyl (C=O) groups excluding carboxylic acids is 7. The Hall–Kier alpha value is -5.71. The molecule has 7 amide bonds. The van der Waals surface area contributed by atoms with Gasteiger partial charge in [0.05, 0.1) is 56.3 Å². The SMILES string of the molecule is CS(=O)(=O)N1CCC(C(=O)NCC(=O)NC2NC(c3cccc(-c4cccc(CNC(=O)CCOCCOCCOc5cccc6c5C(=O)N(C5CCC(=O)NC5=O)C6=O)c4)c3)CS2)C1. The van der Waals surface area contributed by atoms with E-state index in [0.717, 1.165) is 33.4 Å². The number of nitrogens with one attached hydrogen (secondary N) is 5. The number of thioether (sulfide) groups is 1. The first-order valence-corrected chi connectivity index (χ1v) is 24.1. The smallest absolute Gasteiger partial charge is 0.266 e. The Morgan fingerprint density at radius 2 is 1.58 bits per heavy atom. The number of fused-ring (bicyclic) bond motifs is 1. The lowest BCUT2D eigenvalue weighted by molar-refractivity contribution is -0.136. The Labute approximate surface area is 380 Å². The van der Waals surface area contributed by atoms with Crippen molar-refractivity contribution in [3.63, 3.8) is 0 Å². The molecule has 5 N–H and O–H groups in total. The molecule has 0 aromatic heterocycles. The molecule has 4 unspecified atom stereocenters. The molecule has 19 nitrogen and oxygen atoms in total. The number of carbonyl (C=O) groups is 7. The second-order valence-corrected chi connectivity index (χ2v) is 19.0. The van der Waals surface area contributed by atoms with Gasteiger partial charge in [-0.1, -0.05) is 42.5 Å². The number of ether oxygens (including phenoxy) is 3. The Bertz CT molecular complexity index is 2440. The van der Waals surface area contributed by atoms with Crippen LogP contribution < -0.4 is 31.3 Å². The van der Waals surface area contributed by atoms with Crippen LogP contribution in [0.4, 0.5) is 0 Å². The molecule has 346 valence electrons. The number of hydrogen-bond acceptors (Lipinski definition) is 14. The van der Waals surface area contributed by atoms with E-state index in [1.807, 2.05) is 42.5 Å². The summed E-state index contributed by atoms with van der Waals surface area (Å²) in [7, 11) is -3.36. The van der Waals surface area contributed by atoms with Crippen LogP contribution in [-0.4, -0.2) is 135 Å². The normalized spacial score (nSPS) is 21.0. The molecule has 7 rings (SSSR count). The molecule has 4 aliphatic rings. The first-order chi connectivity index (χ1) is 31.2. The van der Waals surface area contributed by atoms with Gasteiger partial charge in [-0.3, -0.25) is 49.1 Å². The minimum atomic E-state index is -3.36.